The van der Waals surface area contributed by atoms with Crippen LogP contribution in [0.5, 0.6) is 0 Å². The molecule has 0 bridgehead atoms. The Balaban J connectivity index is 0.814. The molecule has 4 rings (SSSR count). The number of carbonyl (C=O) groups is 2. The van der Waals surface area contributed by atoms with Crippen molar-refractivity contribution in [2.45, 2.75) is 12.5 Å². The number of hydrogen-bond donors (Lipinski definition) is 1. The van der Waals surface area contributed by atoms with Gasteiger partial charge in [-0.1, -0.05) is 78.9 Å². The average molecular weight is 783 g/mol. The second-order valence-corrected chi connectivity index (χ2v) is 12.6. The van der Waals surface area contributed by atoms with Gasteiger partial charge in [-0.25, -0.2) is 9.59 Å². The van der Waals surface area contributed by atoms with Crippen LogP contribution in [0, 0.1) is 0 Å². The molecule has 0 fully saturated rings. The van der Waals surface area contributed by atoms with Gasteiger partial charge >= 0.3 is 12.2 Å². The first kappa shape index (κ1) is 44.6. The first-order valence-electron chi connectivity index (χ1n) is 19.3. The summed E-state index contributed by atoms with van der Waals surface area (Å²) in [4.78, 5) is 25.8. The summed E-state index contributed by atoms with van der Waals surface area (Å²) in [5.41, 5.74) is 5.72. The monoisotopic (exact) mass is 782 g/mol. The van der Waals surface area contributed by atoms with Crippen LogP contribution in [0.1, 0.15) is 22.6 Å². The Bertz CT molecular complexity index is 1450. The van der Waals surface area contributed by atoms with Crippen molar-refractivity contribution in [3.63, 3.8) is 0 Å². The van der Waals surface area contributed by atoms with Gasteiger partial charge in [0.25, 0.3) is 0 Å². The number of ether oxygens (including phenoxy) is 10. The molecular formula is C42H58N2O12. The van der Waals surface area contributed by atoms with Crippen LogP contribution in [0.25, 0.3) is 11.1 Å². The lowest BCUT2D eigenvalue weighted by atomic mass is 9.98. The molecule has 308 valence electrons. The van der Waals surface area contributed by atoms with Gasteiger partial charge in [-0.05, 0) is 27.8 Å². The Morgan fingerprint density at radius 3 is 1.41 bits per heavy atom. The molecule has 0 spiro atoms. The summed E-state index contributed by atoms with van der Waals surface area (Å²) in [7, 11) is 1.71. The van der Waals surface area contributed by atoms with Gasteiger partial charge in [0.05, 0.1) is 106 Å². The van der Waals surface area contributed by atoms with Crippen LogP contribution in [0.4, 0.5) is 9.59 Å². The standard InChI is InChI=1S/C42H58N2O12/c1-44(42(46)56-34-40-38-13-7-5-11-36(38)37-12-6-8-14-39(37)40)16-18-48-20-22-50-24-26-52-28-30-54-32-31-53-29-27-51-25-23-49-21-19-47-17-15-43-41(45)55-33-35-9-3-2-4-10-35/h2-14,40H,15-34H2,1H3,(H,43,45). The van der Waals surface area contributed by atoms with Gasteiger partial charge in [-0.15, -0.1) is 0 Å². The van der Waals surface area contributed by atoms with E-state index in [2.05, 4.69) is 29.6 Å². The zero-order valence-corrected chi connectivity index (χ0v) is 32.6. The number of hydrogen-bond acceptors (Lipinski definition) is 12. The molecule has 0 unspecified atom stereocenters. The van der Waals surface area contributed by atoms with Crippen molar-refractivity contribution in [2.24, 2.45) is 0 Å². The molecule has 0 aliphatic heterocycles. The van der Waals surface area contributed by atoms with Crippen LogP contribution in [0.15, 0.2) is 78.9 Å². The van der Waals surface area contributed by atoms with E-state index in [4.69, 9.17) is 47.4 Å². The number of rotatable bonds is 31. The quantitative estimate of drug-likeness (QED) is 0.0886. The summed E-state index contributed by atoms with van der Waals surface area (Å²) in [6.07, 6.45) is -0.842. The molecule has 14 nitrogen and oxygen atoms in total. The fourth-order valence-corrected chi connectivity index (χ4v) is 5.64. The molecule has 0 heterocycles. The first-order valence-corrected chi connectivity index (χ1v) is 19.3. The molecule has 2 amide bonds. The minimum atomic E-state index is -0.473. The van der Waals surface area contributed by atoms with Crippen molar-refractivity contribution in [3.8, 4) is 11.1 Å². The Morgan fingerprint density at radius 1 is 0.518 bits per heavy atom. The van der Waals surface area contributed by atoms with E-state index < -0.39 is 6.09 Å². The van der Waals surface area contributed by atoms with Gasteiger partial charge in [0.15, 0.2) is 0 Å². The fourth-order valence-electron chi connectivity index (χ4n) is 5.64. The summed E-state index contributed by atoms with van der Waals surface area (Å²) in [6.45, 7) is 8.47. The highest BCUT2D eigenvalue weighted by molar-refractivity contribution is 5.79. The van der Waals surface area contributed by atoms with E-state index in [1.165, 1.54) is 27.2 Å². The van der Waals surface area contributed by atoms with E-state index in [0.717, 1.165) is 5.56 Å². The second-order valence-electron chi connectivity index (χ2n) is 12.6. The first-order chi connectivity index (χ1) is 27.6. The SMILES string of the molecule is CN(CCOCCOCCOCCOCCOCCOCCOCCOCCNC(=O)OCc1ccccc1)C(=O)OCC1c2ccccc2-c2ccccc21. The molecule has 1 aliphatic carbocycles. The number of likely N-dealkylation sites (N-methyl/N-ethyl adjacent to an activating group) is 1. The Hall–Kier alpha value is -4.12. The number of nitrogens with zero attached hydrogens (tertiary/aromatic N) is 1. The predicted molar refractivity (Wildman–Crippen MR) is 209 cm³/mol. The van der Waals surface area contributed by atoms with Crippen molar-refractivity contribution in [1.82, 2.24) is 10.2 Å². The summed E-state index contributed by atoms with van der Waals surface area (Å²) in [6, 6.07) is 26.1. The largest absolute Gasteiger partial charge is 0.448 e. The predicted octanol–water partition coefficient (Wildman–Crippen LogP) is 4.93. The van der Waals surface area contributed by atoms with E-state index >= 15 is 0 Å². The molecule has 14 heteroatoms. The third-order valence-corrected chi connectivity index (χ3v) is 8.55. The Kier molecular flexibility index (Phi) is 22.5. The van der Waals surface area contributed by atoms with E-state index in [1.54, 1.807) is 7.05 Å². The normalized spacial score (nSPS) is 11.9. The summed E-state index contributed by atoms with van der Waals surface area (Å²) >= 11 is 0. The highest BCUT2D eigenvalue weighted by Gasteiger charge is 2.29. The van der Waals surface area contributed by atoms with Crippen LogP contribution >= 0.6 is 0 Å². The third kappa shape index (κ3) is 17.8. The molecule has 0 atom stereocenters. The molecule has 3 aromatic carbocycles. The molecule has 56 heavy (non-hydrogen) atoms. The van der Waals surface area contributed by atoms with Gasteiger partial charge < -0.3 is 57.6 Å². The fraction of sp³-hybridized carbons (Fsp3) is 0.524. The van der Waals surface area contributed by atoms with Gasteiger partial charge in [0.1, 0.15) is 13.2 Å². The molecular weight excluding hydrogens is 724 g/mol. The van der Waals surface area contributed by atoms with Crippen molar-refractivity contribution in [1.29, 1.82) is 0 Å². The maximum Gasteiger partial charge on any atom is 0.409 e. The smallest absolute Gasteiger partial charge is 0.409 e. The maximum absolute atomic E-state index is 12.6. The molecule has 1 aliphatic rings. The summed E-state index contributed by atoms with van der Waals surface area (Å²) in [5, 5.41) is 2.64. The van der Waals surface area contributed by atoms with Crippen LogP contribution in [0.2, 0.25) is 0 Å². The third-order valence-electron chi connectivity index (χ3n) is 8.55. The second kappa shape index (κ2) is 28.3. The van der Waals surface area contributed by atoms with E-state index in [9.17, 15) is 9.59 Å². The van der Waals surface area contributed by atoms with Crippen LogP contribution in [-0.2, 0) is 54.0 Å². The molecule has 0 saturated carbocycles. The number of fused-ring (bicyclic) bond motifs is 3. The van der Waals surface area contributed by atoms with Gasteiger partial charge in [0.2, 0.25) is 0 Å². The van der Waals surface area contributed by atoms with Crippen molar-refractivity contribution >= 4 is 12.2 Å². The Morgan fingerprint density at radius 2 is 0.929 bits per heavy atom. The van der Waals surface area contributed by atoms with Crippen molar-refractivity contribution in [2.75, 3.05) is 132 Å². The van der Waals surface area contributed by atoms with Gasteiger partial charge in [-0.2, -0.15) is 0 Å². The zero-order chi connectivity index (χ0) is 39.3. The van der Waals surface area contributed by atoms with Gasteiger partial charge in [0, 0.05) is 26.1 Å². The van der Waals surface area contributed by atoms with Crippen molar-refractivity contribution in [3.05, 3.63) is 95.6 Å². The average Bonchev–Trinajstić information content (AvgIpc) is 3.55. The van der Waals surface area contributed by atoms with E-state index in [0.29, 0.717) is 125 Å². The molecule has 1 N–H and O–H groups in total. The number of carbonyl (C=O) groups excluding carboxylic acids is 2. The van der Waals surface area contributed by atoms with Gasteiger partial charge in [-0.3, -0.25) is 0 Å². The lowest BCUT2D eigenvalue weighted by Gasteiger charge is -2.19. The zero-order valence-electron chi connectivity index (χ0n) is 32.6. The topological polar surface area (TPSA) is 142 Å². The van der Waals surface area contributed by atoms with E-state index in [1.807, 2.05) is 54.6 Å². The lowest BCUT2D eigenvalue weighted by molar-refractivity contribution is -0.0233. The number of amides is 2. The van der Waals surface area contributed by atoms with Crippen LogP contribution in [-0.4, -0.2) is 150 Å². The van der Waals surface area contributed by atoms with Crippen molar-refractivity contribution < 1.29 is 57.0 Å². The lowest BCUT2D eigenvalue weighted by Crippen LogP contribution is -2.32. The highest BCUT2D eigenvalue weighted by atomic mass is 16.6. The maximum atomic E-state index is 12.6. The Labute approximate surface area is 330 Å². The number of nitrogens with one attached hydrogen (secondary N) is 1. The minimum absolute atomic E-state index is 0.0345. The summed E-state index contributed by atoms with van der Waals surface area (Å²) < 4.78 is 54.9. The molecule has 0 aromatic heterocycles. The number of benzene rings is 3. The molecule has 3 aromatic rings. The van der Waals surface area contributed by atoms with Crippen LogP contribution in [0.3, 0.4) is 0 Å². The minimum Gasteiger partial charge on any atom is -0.448 e. The van der Waals surface area contributed by atoms with E-state index in [-0.39, 0.29) is 18.6 Å². The summed E-state index contributed by atoms with van der Waals surface area (Å²) in [5.74, 6) is 0.0345. The van der Waals surface area contributed by atoms with Crippen LogP contribution < -0.4 is 5.32 Å². The number of alkyl carbamates (subject to hydrolysis) is 1. The molecule has 0 radical (unpaired) electrons. The molecule has 0 saturated heterocycles. The highest BCUT2D eigenvalue weighted by Crippen LogP contribution is 2.44.